The van der Waals surface area contributed by atoms with E-state index >= 15 is 0 Å². The zero-order valence-electron chi connectivity index (χ0n) is 13.4. The number of carbonyl (C=O) groups is 1. The number of thiophene rings is 1. The van der Waals surface area contributed by atoms with Crippen LogP contribution in [0.4, 0.5) is 0 Å². The van der Waals surface area contributed by atoms with E-state index in [1.807, 2.05) is 38.1 Å². The highest BCUT2D eigenvalue weighted by atomic mass is 35.5. The quantitative estimate of drug-likeness (QED) is 0.699. The van der Waals surface area contributed by atoms with Gasteiger partial charge in [-0.2, -0.15) is 0 Å². The predicted molar refractivity (Wildman–Crippen MR) is 97.1 cm³/mol. The average molecular weight is 352 g/mol. The van der Waals surface area contributed by atoms with Crippen LogP contribution in [0, 0.1) is 5.41 Å². The van der Waals surface area contributed by atoms with E-state index in [9.17, 15) is 9.90 Å². The first-order valence-corrected chi connectivity index (χ1v) is 8.99. The van der Waals surface area contributed by atoms with Crippen molar-refractivity contribution >= 4 is 28.9 Å². The minimum atomic E-state index is -0.721. The summed E-state index contributed by atoms with van der Waals surface area (Å²) in [7, 11) is 0. The normalized spacial score (nSPS) is 11.6. The van der Waals surface area contributed by atoms with Gasteiger partial charge in [0, 0.05) is 27.9 Å². The van der Waals surface area contributed by atoms with E-state index in [4.69, 9.17) is 11.6 Å². The molecule has 124 valence electrons. The molecule has 0 aliphatic carbocycles. The molecular weight excluding hydrogens is 330 g/mol. The van der Waals surface area contributed by atoms with Crippen LogP contribution in [0.5, 0.6) is 0 Å². The Balaban J connectivity index is 1.99. The fraction of sp³-hybridized carbons (Fsp3) is 0.389. The molecule has 2 aromatic rings. The molecule has 0 atom stereocenters. The molecule has 0 amide bonds. The monoisotopic (exact) mass is 351 g/mol. The molecule has 5 heteroatoms. The molecule has 2 N–H and O–H groups in total. The Morgan fingerprint density at radius 1 is 1.26 bits per heavy atom. The highest BCUT2D eigenvalue weighted by Gasteiger charge is 2.34. The molecule has 0 unspecified atom stereocenters. The van der Waals surface area contributed by atoms with Crippen LogP contribution in [0.25, 0.3) is 10.4 Å². The minimum absolute atomic E-state index is 0.486. The van der Waals surface area contributed by atoms with Crippen LogP contribution in [0.2, 0.25) is 5.02 Å². The molecule has 23 heavy (non-hydrogen) atoms. The lowest BCUT2D eigenvalue weighted by atomic mass is 9.82. The number of hydrogen-bond acceptors (Lipinski definition) is 3. The maximum absolute atomic E-state index is 11.5. The summed E-state index contributed by atoms with van der Waals surface area (Å²) in [6.07, 6.45) is 1.26. The Labute approximate surface area is 146 Å². The second-order valence-corrected chi connectivity index (χ2v) is 7.28. The number of halogens is 1. The minimum Gasteiger partial charge on any atom is -0.481 e. The first-order valence-electron chi connectivity index (χ1n) is 7.79. The zero-order chi connectivity index (χ0) is 16.9. The Morgan fingerprint density at radius 2 is 2.00 bits per heavy atom. The van der Waals surface area contributed by atoms with Crippen molar-refractivity contribution in [3.8, 4) is 10.4 Å². The third kappa shape index (κ3) is 4.34. The summed E-state index contributed by atoms with van der Waals surface area (Å²) in [5, 5.41) is 13.5. The van der Waals surface area contributed by atoms with Crippen molar-refractivity contribution in [2.75, 3.05) is 6.54 Å². The largest absolute Gasteiger partial charge is 0.481 e. The summed E-state index contributed by atoms with van der Waals surface area (Å²) in [5.41, 5.74) is 0.434. The molecule has 0 saturated carbocycles. The van der Waals surface area contributed by atoms with Crippen molar-refractivity contribution in [2.24, 2.45) is 5.41 Å². The number of hydrogen-bond donors (Lipinski definition) is 2. The third-order valence-corrected chi connectivity index (χ3v) is 5.71. The Hall–Kier alpha value is -1.36. The Kier molecular flexibility index (Phi) is 6.22. The average Bonchev–Trinajstić information content (AvgIpc) is 3.00. The molecule has 1 aromatic heterocycles. The van der Waals surface area contributed by atoms with Crippen LogP contribution in [0.3, 0.4) is 0 Å². The topological polar surface area (TPSA) is 49.3 Å². The van der Waals surface area contributed by atoms with Gasteiger partial charge in [0.25, 0.3) is 0 Å². The van der Waals surface area contributed by atoms with Crippen LogP contribution in [0.15, 0.2) is 36.4 Å². The van der Waals surface area contributed by atoms with Gasteiger partial charge in [-0.15, -0.1) is 11.3 Å². The van der Waals surface area contributed by atoms with Crippen molar-refractivity contribution in [3.05, 3.63) is 46.3 Å². The van der Waals surface area contributed by atoms with E-state index in [0.717, 1.165) is 10.6 Å². The van der Waals surface area contributed by atoms with Crippen molar-refractivity contribution in [1.29, 1.82) is 0 Å². The van der Waals surface area contributed by atoms with E-state index in [1.165, 1.54) is 9.75 Å². The van der Waals surface area contributed by atoms with Crippen LogP contribution in [-0.4, -0.2) is 17.6 Å². The second kappa shape index (κ2) is 7.95. The molecule has 3 nitrogen and oxygen atoms in total. The van der Waals surface area contributed by atoms with Crippen LogP contribution in [-0.2, 0) is 11.3 Å². The standard InChI is InChI=1S/C18H22ClNO2S/c1-3-18(4-2,17(21)22)12-20-11-15-8-9-16(23-15)13-6-5-7-14(19)10-13/h5-10,20H,3-4,11-12H2,1-2H3,(H,21,22). The number of carboxylic acids is 1. The summed E-state index contributed by atoms with van der Waals surface area (Å²) in [6, 6.07) is 12.0. The molecule has 0 aliphatic heterocycles. The molecule has 0 aliphatic rings. The van der Waals surface area contributed by atoms with Crippen molar-refractivity contribution in [1.82, 2.24) is 5.32 Å². The molecule has 1 heterocycles. The molecule has 1 aromatic carbocycles. The third-order valence-electron chi connectivity index (χ3n) is 4.34. The maximum atomic E-state index is 11.5. The van der Waals surface area contributed by atoms with E-state index < -0.39 is 11.4 Å². The first-order chi connectivity index (χ1) is 11.0. The van der Waals surface area contributed by atoms with Crippen LogP contribution >= 0.6 is 22.9 Å². The van der Waals surface area contributed by atoms with E-state index in [-0.39, 0.29) is 0 Å². The molecular formula is C18H22ClNO2S. The van der Waals surface area contributed by atoms with Crippen molar-refractivity contribution in [2.45, 2.75) is 33.2 Å². The summed E-state index contributed by atoms with van der Waals surface area (Å²) in [5.74, 6) is -0.721. The molecule has 2 rings (SSSR count). The lowest BCUT2D eigenvalue weighted by molar-refractivity contribution is -0.149. The van der Waals surface area contributed by atoms with Gasteiger partial charge in [0.15, 0.2) is 0 Å². The maximum Gasteiger partial charge on any atom is 0.310 e. The highest BCUT2D eigenvalue weighted by molar-refractivity contribution is 7.15. The van der Waals surface area contributed by atoms with Crippen LogP contribution < -0.4 is 5.32 Å². The van der Waals surface area contributed by atoms with Crippen molar-refractivity contribution in [3.63, 3.8) is 0 Å². The highest BCUT2D eigenvalue weighted by Crippen LogP contribution is 2.30. The van der Waals surface area contributed by atoms with E-state index in [2.05, 4.69) is 17.4 Å². The van der Waals surface area contributed by atoms with Crippen molar-refractivity contribution < 1.29 is 9.90 Å². The summed E-state index contributed by atoms with van der Waals surface area (Å²) < 4.78 is 0. The number of nitrogens with one attached hydrogen (secondary N) is 1. The van der Waals surface area contributed by atoms with Gasteiger partial charge >= 0.3 is 5.97 Å². The molecule has 0 spiro atoms. The van der Waals surface area contributed by atoms with Gasteiger partial charge in [0.05, 0.1) is 5.41 Å². The lowest BCUT2D eigenvalue weighted by Gasteiger charge is -2.26. The van der Waals surface area contributed by atoms with Gasteiger partial charge < -0.3 is 10.4 Å². The van der Waals surface area contributed by atoms with Gasteiger partial charge in [0.1, 0.15) is 0 Å². The zero-order valence-corrected chi connectivity index (χ0v) is 15.0. The molecule has 0 radical (unpaired) electrons. The number of benzene rings is 1. The van der Waals surface area contributed by atoms with Gasteiger partial charge in [-0.25, -0.2) is 0 Å². The van der Waals surface area contributed by atoms with Gasteiger partial charge in [-0.3, -0.25) is 4.79 Å². The molecule has 0 bridgehead atoms. The Morgan fingerprint density at radius 3 is 2.61 bits per heavy atom. The van der Waals surface area contributed by atoms with Crippen LogP contribution in [0.1, 0.15) is 31.6 Å². The van der Waals surface area contributed by atoms with Gasteiger partial charge in [-0.05, 0) is 42.7 Å². The predicted octanol–water partition coefficient (Wildman–Crippen LogP) is 5.05. The Bertz CT molecular complexity index is 665. The number of rotatable bonds is 8. The van der Waals surface area contributed by atoms with Gasteiger partial charge in [0.2, 0.25) is 0 Å². The SMILES string of the molecule is CCC(CC)(CNCc1ccc(-c2cccc(Cl)c2)s1)C(=O)O. The fourth-order valence-corrected chi connectivity index (χ4v) is 3.74. The summed E-state index contributed by atoms with van der Waals surface area (Å²) in [4.78, 5) is 13.9. The number of aliphatic carboxylic acids is 1. The first kappa shape index (κ1) is 18.0. The molecule has 0 saturated heterocycles. The fourth-order valence-electron chi connectivity index (χ4n) is 2.57. The van der Waals surface area contributed by atoms with Gasteiger partial charge in [-0.1, -0.05) is 37.6 Å². The lowest BCUT2D eigenvalue weighted by Crippen LogP contribution is -2.39. The summed E-state index contributed by atoms with van der Waals surface area (Å²) >= 11 is 7.73. The summed E-state index contributed by atoms with van der Waals surface area (Å²) in [6.45, 7) is 5.03. The smallest absolute Gasteiger partial charge is 0.310 e. The molecule has 0 fully saturated rings. The van der Waals surface area contributed by atoms with E-state index in [1.54, 1.807) is 11.3 Å². The second-order valence-electron chi connectivity index (χ2n) is 5.67. The van der Waals surface area contributed by atoms with E-state index in [0.29, 0.717) is 25.9 Å². The number of carboxylic acid groups (broad SMARTS) is 1.